The molecule has 0 bridgehead atoms. The summed E-state index contributed by atoms with van der Waals surface area (Å²) in [5.74, 6) is 0.0591. The topological polar surface area (TPSA) is 29.1 Å². The molecule has 0 unspecified atom stereocenters. The van der Waals surface area contributed by atoms with E-state index in [9.17, 15) is 9.18 Å². The standard InChI is InChI=1S/C15H20FNO/c1-10-6-8-12(9-7-10)17-15(18)13-5-3-4-11(2)14(13)16/h3-5,10,12H,6-9H2,1-2H3,(H,17,18). The maximum Gasteiger partial charge on any atom is 0.254 e. The molecule has 1 aliphatic carbocycles. The summed E-state index contributed by atoms with van der Waals surface area (Å²) >= 11 is 0. The number of carbonyl (C=O) groups excluding carboxylic acids is 1. The fourth-order valence-corrected chi connectivity index (χ4v) is 2.49. The Bertz CT molecular complexity index is 436. The van der Waals surface area contributed by atoms with Gasteiger partial charge < -0.3 is 5.32 Å². The van der Waals surface area contributed by atoms with Gasteiger partial charge in [0.25, 0.3) is 5.91 Å². The van der Waals surface area contributed by atoms with E-state index in [4.69, 9.17) is 0 Å². The SMILES string of the molecule is Cc1cccc(C(=O)NC2CCC(C)CC2)c1F. The van der Waals surface area contributed by atoms with Crippen molar-refractivity contribution < 1.29 is 9.18 Å². The summed E-state index contributed by atoms with van der Waals surface area (Å²) in [5.41, 5.74) is 0.675. The zero-order chi connectivity index (χ0) is 13.1. The van der Waals surface area contributed by atoms with Crippen molar-refractivity contribution in [2.45, 2.75) is 45.6 Å². The van der Waals surface area contributed by atoms with Gasteiger partial charge in [-0.15, -0.1) is 0 Å². The van der Waals surface area contributed by atoms with E-state index in [1.807, 2.05) is 0 Å². The third-order valence-electron chi connectivity index (χ3n) is 3.79. The summed E-state index contributed by atoms with van der Waals surface area (Å²) < 4.78 is 13.8. The maximum absolute atomic E-state index is 13.8. The van der Waals surface area contributed by atoms with Crippen LogP contribution in [0.1, 0.15) is 48.5 Å². The van der Waals surface area contributed by atoms with Crippen LogP contribution in [0.25, 0.3) is 0 Å². The fourth-order valence-electron chi connectivity index (χ4n) is 2.49. The average Bonchev–Trinajstić information content (AvgIpc) is 2.35. The molecule has 0 atom stereocenters. The second kappa shape index (κ2) is 5.51. The van der Waals surface area contributed by atoms with Gasteiger partial charge >= 0.3 is 0 Å². The Labute approximate surface area is 108 Å². The highest BCUT2D eigenvalue weighted by Gasteiger charge is 2.21. The number of nitrogens with one attached hydrogen (secondary N) is 1. The van der Waals surface area contributed by atoms with Gasteiger partial charge in [-0.2, -0.15) is 0 Å². The van der Waals surface area contributed by atoms with Crippen LogP contribution in [0.15, 0.2) is 18.2 Å². The van der Waals surface area contributed by atoms with Crippen molar-refractivity contribution in [2.75, 3.05) is 0 Å². The van der Waals surface area contributed by atoms with E-state index in [1.165, 1.54) is 0 Å². The first-order valence-electron chi connectivity index (χ1n) is 6.64. The van der Waals surface area contributed by atoms with E-state index in [0.717, 1.165) is 31.6 Å². The smallest absolute Gasteiger partial charge is 0.254 e. The molecule has 2 nitrogen and oxygen atoms in total. The highest BCUT2D eigenvalue weighted by Crippen LogP contribution is 2.24. The molecule has 0 aliphatic heterocycles. The van der Waals surface area contributed by atoms with Crippen molar-refractivity contribution in [1.82, 2.24) is 5.32 Å². The molecule has 0 aromatic heterocycles. The van der Waals surface area contributed by atoms with Crippen molar-refractivity contribution in [3.63, 3.8) is 0 Å². The van der Waals surface area contributed by atoms with E-state index in [2.05, 4.69) is 12.2 Å². The highest BCUT2D eigenvalue weighted by molar-refractivity contribution is 5.94. The molecule has 0 spiro atoms. The molecule has 1 aromatic carbocycles. The predicted octanol–water partition coefficient (Wildman–Crippen LogP) is 3.44. The van der Waals surface area contributed by atoms with Crippen LogP contribution < -0.4 is 5.32 Å². The minimum Gasteiger partial charge on any atom is -0.349 e. The van der Waals surface area contributed by atoms with Crippen LogP contribution in [0.4, 0.5) is 4.39 Å². The molecule has 0 saturated heterocycles. The van der Waals surface area contributed by atoms with Gasteiger partial charge in [-0.25, -0.2) is 4.39 Å². The first-order chi connectivity index (χ1) is 8.58. The molecular formula is C15H20FNO. The molecule has 1 N–H and O–H groups in total. The first kappa shape index (κ1) is 13.1. The van der Waals surface area contributed by atoms with Gasteiger partial charge in [0.1, 0.15) is 5.82 Å². The van der Waals surface area contributed by atoms with Crippen molar-refractivity contribution in [2.24, 2.45) is 5.92 Å². The average molecular weight is 249 g/mol. The number of rotatable bonds is 2. The van der Waals surface area contributed by atoms with Crippen LogP contribution >= 0.6 is 0 Å². The van der Waals surface area contributed by atoms with Crippen LogP contribution in [-0.4, -0.2) is 11.9 Å². The van der Waals surface area contributed by atoms with Gasteiger partial charge in [0.05, 0.1) is 5.56 Å². The third kappa shape index (κ3) is 2.89. The molecule has 1 aliphatic rings. The normalized spacial score (nSPS) is 23.7. The molecule has 3 heteroatoms. The second-order valence-corrected chi connectivity index (χ2v) is 5.37. The summed E-state index contributed by atoms with van der Waals surface area (Å²) in [7, 11) is 0. The summed E-state index contributed by atoms with van der Waals surface area (Å²) in [6.07, 6.45) is 4.28. The van der Waals surface area contributed by atoms with E-state index in [0.29, 0.717) is 5.56 Å². The largest absolute Gasteiger partial charge is 0.349 e. The number of benzene rings is 1. The summed E-state index contributed by atoms with van der Waals surface area (Å²) in [6.45, 7) is 3.91. The Kier molecular flexibility index (Phi) is 4.00. The van der Waals surface area contributed by atoms with Crippen LogP contribution in [0, 0.1) is 18.7 Å². The Morgan fingerprint density at radius 1 is 1.28 bits per heavy atom. The first-order valence-corrected chi connectivity index (χ1v) is 6.64. The molecular weight excluding hydrogens is 229 g/mol. The lowest BCUT2D eigenvalue weighted by Crippen LogP contribution is -2.37. The summed E-state index contributed by atoms with van der Waals surface area (Å²) in [5, 5.41) is 2.94. The number of hydrogen-bond donors (Lipinski definition) is 1. The maximum atomic E-state index is 13.8. The van der Waals surface area contributed by atoms with E-state index >= 15 is 0 Å². The Hall–Kier alpha value is -1.38. The molecule has 18 heavy (non-hydrogen) atoms. The number of aryl methyl sites for hydroxylation is 1. The molecule has 1 aromatic rings. The molecule has 0 radical (unpaired) electrons. The molecule has 1 fully saturated rings. The van der Waals surface area contributed by atoms with Gasteiger partial charge in [-0.05, 0) is 50.2 Å². The third-order valence-corrected chi connectivity index (χ3v) is 3.79. The minimum absolute atomic E-state index is 0.161. The van der Waals surface area contributed by atoms with Gasteiger partial charge in [0, 0.05) is 6.04 Å². The Balaban J connectivity index is 2.01. The van der Waals surface area contributed by atoms with Gasteiger partial charge in [-0.3, -0.25) is 4.79 Å². The summed E-state index contributed by atoms with van der Waals surface area (Å²) in [4.78, 5) is 12.0. The van der Waals surface area contributed by atoms with Gasteiger partial charge in [0.2, 0.25) is 0 Å². The van der Waals surface area contributed by atoms with Gasteiger partial charge in [0.15, 0.2) is 0 Å². The van der Waals surface area contributed by atoms with E-state index in [-0.39, 0.29) is 17.5 Å². The van der Waals surface area contributed by atoms with E-state index < -0.39 is 5.82 Å². The molecule has 98 valence electrons. The summed E-state index contributed by atoms with van der Waals surface area (Å²) in [6, 6.07) is 5.14. The zero-order valence-electron chi connectivity index (χ0n) is 11.0. The lowest BCUT2D eigenvalue weighted by Gasteiger charge is -2.27. The quantitative estimate of drug-likeness (QED) is 0.854. The number of hydrogen-bond acceptors (Lipinski definition) is 1. The molecule has 2 rings (SSSR count). The molecule has 0 heterocycles. The highest BCUT2D eigenvalue weighted by atomic mass is 19.1. The van der Waals surface area contributed by atoms with Gasteiger partial charge in [-0.1, -0.05) is 19.1 Å². The Morgan fingerprint density at radius 2 is 1.94 bits per heavy atom. The van der Waals surface area contributed by atoms with Crippen LogP contribution in [0.5, 0.6) is 0 Å². The Morgan fingerprint density at radius 3 is 2.61 bits per heavy atom. The van der Waals surface area contributed by atoms with Crippen LogP contribution in [0.3, 0.4) is 0 Å². The van der Waals surface area contributed by atoms with E-state index in [1.54, 1.807) is 25.1 Å². The van der Waals surface area contributed by atoms with Crippen molar-refractivity contribution in [3.8, 4) is 0 Å². The van der Waals surface area contributed by atoms with Crippen molar-refractivity contribution in [3.05, 3.63) is 35.1 Å². The second-order valence-electron chi connectivity index (χ2n) is 5.37. The lowest BCUT2D eigenvalue weighted by molar-refractivity contribution is 0.0918. The number of carbonyl (C=O) groups is 1. The molecule has 1 saturated carbocycles. The minimum atomic E-state index is -0.404. The van der Waals surface area contributed by atoms with Crippen molar-refractivity contribution in [1.29, 1.82) is 0 Å². The van der Waals surface area contributed by atoms with Crippen molar-refractivity contribution >= 4 is 5.91 Å². The zero-order valence-corrected chi connectivity index (χ0v) is 11.0. The fraction of sp³-hybridized carbons (Fsp3) is 0.533. The number of halogens is 1. The predicted molar refractivity (Wildman–Crippen MR) is 70.0 cm³/mol. The van der Waals surface area contributed by atoms with Crippen LogP contribution in [-0.2, 0) is 0 Å². The monoisotopic (exact) mass is 249 g/mol. The molecule has 1 amide bonds. The van der Waals surface area contributed by atoms with Crippen LogP contribution in [0.2, 0.25) is 0 Å². The lowest BCUT2D eigenvalue weighted by atomic mass is 9.87. The number of amides is 1.